The largest absolute Gasteiger partial charge is 0.506 e. The van der Waals surface area contributed by atoms with Gasteiger partial charge >= 0.3 is 0 Å². The lowest BCUT2D eigenvalue weighted by molar-refractivity contribution is 0.469. The first-order valence-corrected chi connectivity index (χ1v) is 5.26. The van der Waals surface area contributed by atoms with Crippen LogP contribution in [-0.4, -0.2) is 10.1 Å². The highest BCUT2D eigenvalue weighted by Crippen LogP contribution is 2.27. The molecule has 1 aromatic carbocycles. The summed E-state index contributed by atoms with van der Waals surface area (Å²) in [7, 11) is 0. The van der Waals surface area contributed by atoms with Crippen molar-refractivity contribution < 1.29 is 5.11 Å². The van der Waals surface area contributed by atoms with Crippen molar-refractivity contribution >= 4 is 17.4 Å². The maximum absolute atomic E-state index is 9.68. The number of benzene rings is 1. The van der Waals surface area contributed by atoms with Crippen LogP contribution >= 0.6 is 11.6 Å². The standard InChI is InChI=1S/C12H11ClN2O/c13-10-5-3-4-9(12(10)16)8-15-11-6-1-2-7-14-11/h1-7,16H,8H2,(H,14,15). The maximum atomic E-state index is 9.68. The number of aromatic nitrogens is 1. The molecule has 1 aromatic heterocycles. The van der Waals surface area contributed by atoms with E-state index in [4.69, 9.17) is 11.6 Å². The van der Waals surface area contributed by atoms with E-state index in [-0.39, 0.29) is 5.75 Å². The predicted octanol–water partition coefficient (Wildman–Crippen LogP) is 3.05. The first-order chi connectivity index (χ1) is 7.77. The number of phenolic OH excluding ortho intramolecular Hbond substituents is 1. The molecule has 0 fully saturated rings. The third kappa shape index (κ3) is 2.44. The van der Waals surface area contributed by atoms with Crippen molar-refractivity contribution in [2.24, 2.45) is 0 Å². The summed E-state index contributed by atoms with van der Waals surface area (Å²) in [6.45, 7) is 0.489. The summed E-state index contributed by atoms with van der Waals surface area (Å²) >= 11 is 5.80. The lowest BCUT2D eigenvalue weighted by Crippen LogP contribution is -2.01. The number of para-hydroxylation sites is 1. The van der Waals surface area contributed by atoms with E-state index in [1.165, 1.54) is 0 Å². The molecule has 0 unspecified atom stereocenters. The molecule has 16 heavy (non-hydrogen) atoms. The monoisotopic (exact) mass is 234 g/mol. The number of halogens is 1. The van der Waals surface area contributed by atoms with E-state index in [0.29, 0.717) is 11.6 Å². The molecule has 0 saturated heterocycles. The molecule has 0 aliphatic heterocycles. The second-order valence-corrected chi connectivity index (χ2v) is 3.72. The Labute approximate surface area is 98.7 Å². The highest BCUT2D eigenvalue weighted by atomic mass is 35.5. The lowest BCUT2D eigenvalue weighted by Gasteiger charge is -2.07. The summed E-state index contributed by atoms with van der Waals surface area (Å²) in [6.07, 6.45) is 1.71. The van der Waals surface area contributed by atoms with Crippen LogP contribution < -0.4 is 5.32 Å². The zero-order valence-corrected chi connectivity index (χ0v) is 9.28. The minimum Gasteiger partial charge on any atom is -0.506 e. The summed E-state index contributed by atoms with van der Waals surface area (Å²) in [5.74, 6) is 0.884. The maximum Gasteiger partial charge on any atom is 0.139 e. The molecule has 0 atom stereocenters. The highest BCUT2D eigenvalue weighted by Gasteiger charge is 2.04. The molecule has 3 nitrogen and oxygen atoms in total. The number of hydrogen-bond acceptors (Lipinski definition) is 3. The van der Waals surface area contributed by atoms with Gasteiger partial charge in [0, 0.05) is 18.3 Å². The molecule has 1 heterocycles. The molecule has 0 aliphatic carbocycles. The van der Waals surface area contributed by atoms with Gasteiger partial charge in [-0.1, -0.05) is 29.8 Å². The molecular weight excluding hydrogens is 224 g/mol. The van der Waals surface area contributed by atoms with E-state index in [1.54, 1.807) is 18.3 Å². The van der Waals surface area contributed by atoms with E-state index in [1.807, 2.05) is 24.3 Å². The number of nitrogens with zero attached hydrogens (tertiary/aromatic N) is 1. The second-order valence-electron chi connectivity index (χ2n) is 3.32. The smallest absolute Gasteiger partial charge is 0.139 e. The zero-order chi connectivity index (χ0) is 11.4. The molecule has 0 saturated carbocycles. The summed E-state index contributed by atoms with van der Waals surface area (Å²) < 4.78 is 0. The molecule has 2 rings (SSSR count). The fourth-order valence-electron chi connectivity index (χ4n) is 1.36. The van der Waals surface area contributed by atoms with Gasteiger partial charge in [0.1, 0.15) is 11.6 Å². The van der Waals surface area contributed by atoms with Crippen LogP contribution in [0.5, 0.6) is 5.75 Å². The van der Waals surface area contributed by atoms with Crippen LogP contribution in [0.1, 0.15) is 5.56 Å². The highest BCUT2D eigenvalue weighted by molar-refractivity contribution is 6.32. The van der Waals surface area contributed by atoms with Gasteiger partial charge in [-0.3, -0.25) is 0 Å². The third-order valence-corrected chi connectivity index (χ3v) is 2.50. The minimum absolute atomic E-state index is 0.118. The fraction of sp³-hybridized carbons (Fsp3) is 0.0833. The summed E-state index contributed by atoms with van der Waals surface area (Å²) in [5, 5.41) is 13.1. The van der Waals surface area contributed by atoms with E-state index < -0.39 is 0 Å². The Hall–Kier alpha value is -1.74. The van der Waals surface area contributed by atoms with Crippen molar-refractivity contribution in [3.63, 3.8) is 0 Å². The number of phenols is 1. The molecule has 2 aromatic rings. The zero-order valence-electron chi connectivity index (χ0n) is 8.52. The number of pyridine rings is 1. The molecule has 0 aliphatic rings. The van der Waals surface area contributed by atoms with Crippen molar-refractivity contribution in [2.45, 2.75) is 6.54 Å². The van der Waals surface area contributed by atoms with Gasteiger partial charge in [0.05, 0.1) is 5.02 Å². The minimum atomic E-state index is 0.118. The van der Waals surface area contributed by atoms with Gasteiger partial charge in [-0.05, 0) is 18.2 Å². The molecule has 0 bridgehead atoms. The molecule has 4 heteroatoms. The van der Waals surface area contributed by atoms with Gasteiger partial charge in [0.25, 0.3) is 0 Å². The van der Waals surface area contributed by atoms with E-state index in [9.17, 15) is 5.11 Å². The SMILES string of the molecule is Oc1c(Cl)cccc1CNc1ccccn1. The predicted molar refractivity (Wildman–Crippen MR) is 64.7 cm³/mol. The first kappa shape index (κ1) is 10.8. The van der Waals surface area contributed by atoms with Crippen molar-refractivity contribution in [2.75, 3.05) is 5.32 Å². The summed E-state index contributed by atoms with van der Waals surface area (Å²) in [5.41, 5.74) is 0.748. The fourth-order valence-corrected chi connectivity index (χ4v) is 1.55. The Morgan fingerprint density at radius 3 is 2.81 bits per heavy atom. The molecule has 0 amide bonds. The Bertz CT molecular complexity index is 474. The van der Waals surface area contributed by atoms with Gasteiger partial charge in [-0.15, -0.1) is 0 Å². The van der Waals surface area contributed by atoms with Crippen LogP contribution in [0.4, 0.5) is 5.82 Å². The van der Waals surface area contributed by atoms with Crippen LogP contribution in [0.15, 0.2) is 42.6 Å². The normalized spacial score (nSPS) is 10.1. The third-order valence-electron chi connectivity index (χ3n) is 2.20. The summed E-state index contributed by atoms with van der Waals surface area (Å²) in [4.78, 5) is 4.12. The van der Waals surface area contributed by atoms with Crippen LogP contribution in [-0.2, 0) is 6.54 Å². The van der Waals surface area contributed by atoms with Crippen LogP contribution in [0.3, 0.4) is 0 Å². The van der Waals surface area contributed by atoms with Crippen molar-refractivity contribution in [3.8, 4) is 5.75 Å². The Kier molecular flexibility index (Phi) is 3.27. The van der Waals surface area contributed by atoms with Gasteiger partial charge in [0.2, 0.25) is 0 Å². The number of rotatable bonds is 3. The average molecular weight is 235 g/mol. The van der Waals surface area contributed by atoms with E-state index >= 15 is 0 Å². The molecule has 2 N–H and O–H groups in total. The van der Waals surface area contributed by atoms with Crippen LogP contribution in [0, 0.1) is 0 Å². The Morgan fingerprint density at radius 1 is 1.19 bits per heavy atom. The van der Waals surface area contributed by atoms with Crippen molar-refractivity contribution in [3.05, 3.63) is 53.2 Å². The average Bonchev–Trinajstić information content (AvgIpc) is 2.32. The summed E-state index contributed by atoms with van der Waals surface area (Å²) in [6, 6.07) is 10.9. The topological polar surface area (TPSA) is 45.1 Å². The van der Waals surface area contributed by atoms with Gasteiger partial charge < -0.3 is 10.4 Å². The Balaban J connectivity index is 2.08. The van der Waals surface area contributed by atoms with Crippen LogP contribution in [0.25, 0.3) is 0 Å². The lowest BCUT2D eigenvalue weighted by atomic mass is 10.2. The quantitative estimate of drug-likeness (QED) is 0.858. The molecular formula is C12H11ClN2O. The van der Waals surface area contributed by atoms with Gasteiger partial charge in [-0.2, -0.15) is 0 Å². The number of aromatic hydroxyl groups is 1. The van der Waals surface area contributed by atoms with Crippen LogP contribution in [0.2, 0.25) is 5.02 Å². The van der Waals surface area contributed by atoms with E-state index in [0.717, 1.165) is 11.4 Å². The van der Waals surface area contributed by atoms with Gasteiger partial charge in [0.15, 0.2) is 0 Å². The molecule has 0 spiro atoms. The first-order valence-electron chi connectivity index (χ1n) is 4.88. The van der Waals surface area contributed by atoms with Gasteiger partial charge in [-0.25, -0.2) is 4.98 Å². The Morgan fingerprint density at radius 2 is 2.06 bits per heavy atom. The molecule has 0 radical (unpaired) electrons. The number of anilines is 1. The van der Waals surface area contributed by atoms with Crippen molar-refractivity contribution in [1.82, 2.24) is 4.98 Å². The van der Waals surface area contributed by atoms with Crippen molar-refractivity contribution in [1.29, 1.82) is 0 Å². The van der Waals surface area contributed by atoms with E-state index in [2.05, 4.69) is 10.3 Å². The molecule has 82 valence electrons. The second kappa shape index (κ2) is 4.86. The number of nitrogens with one attached hydrogen (secondary N) is 1. The number of hydrogen-bond donors (Lipinski definition) is 2.